The first kappa shape index (κ1) is 23.3. The average Bonchev–Trinajstić information content (AvgIpc) is 3.28. The highest BCUT2D eigenvalue weighted by molar-refractivity contribution is 8.02. The normalized spacial score (nSPS) is 11.5. The highest BCUT2D eigenvalue weighted by Crippen LogP contribution is 2.36. The first-order chi connectivity index (χ1) is 16.6. The summed E-state index contributed by atoms with van der Waals surface area (Å²) in [5.74, 6) is 1.19. The van der Waals surface area contributed by atoms with Gasteiger partial charge in [0.05, 0.1) is 32.5 Å². The maximum atomic E-state index is 11.0. The van der Waals surface area contributed by atoms with E-state index in [0.29, 0.717) is 33.7 Å². The molecular weight excluding hydrogens is 468 g/mol. The van der Waals surface area contributed by atoms with E-state index < -0.39 is 4.92 Å². The number of nitrogens with one attached hydrogen (secondary N) is 1. The number of nitro groups is 1. The lowest BCUT2D eigenvalue weighted by Crippen LogP contribution is -2.03. The number of rotatable bonds is 9. The first-order valence-corrected chi connectivity index (χ1v) is 12.2. The van der Waals surface area contributed by atoms with E-state index in [9.17, 15) is 15.4 Å². The summed E-state index contributed by atoms with van der Waals surface area (Å²) >= 11 is 2.89. The van der Waals surface area contributed by atoms with Gasteiger partial charge in [-0.25, -0.2) is 4.98 Å². The van der Waals surface area contributed by atoms with Gasteiger partial charge in [-0.15, -0.1) is 23.1 Å². The Bertz CT molecular complexity index is 1360. The molecule has 9 heteroatoms. The Hall–Kier alpha value is -3.87. The van der Waals surface area contributed by atoms with E-state index in [4.69, 9.17) is 4.74 Å². The molecule has 0 radical (unpaired) electrons. The molecular formula is C25H20N4O3S2. The molecule has 0 spiro atoms. The summed E-state index contributed by atoms with van der Waals surface area (Å²) in [6, 6.07) is 24.1. The zero-order chi connectivity index (χ0) is 23.9. The number of allylic oxidation sites excluding steroid dienone is 1. The van der Waals surface area contributed by atoms with Crippen LogP contribution in [0.4, 0.5) is 11.4 Å². The highest BCUT2D eigenvalue weighted by atomic mass is 32.2. The number of ether oxygens (including phenoxy) is 1. The van der Waals surface area contributed by atoms with Gasteiger partial charge in [0.25, 0.3) is 5.69 Å². The van der Waals surface area contributed by atoms with Crippen LogP contribution in [0.25, 0.3) is 15.8 Å². The lowest BCUT2D eigenvalue weighted by molar-refractivity contribution is -0.384. The molecule has 1 heterocycles. The number of nitrogens with zero attached hydrogens (tertiary/aromatic N) is 3. The lowest BCUT2D eigenvalue weighted by Gasteiger charge is -2.16. The van der Waals surface area contributed by atoms with Crippen LogP contribution in [-0.2, 0) is 5.75 Å². The summed E-state index contributed by atoms with van der Waals surface area (Å²) in [5, 5.41) is 25.7. The van der Waals surface area contributed by atoms with Crippen LogP contribution in [0.2, 0.25) is 0 Å². The van der Waals surface area contributed by atoms with Gasteiger partial charge in [0.2, 0.25) is 0 Å². The molecule has 3 aromatic carbocycles. The number of thiazole rings is 1. The summed E-state index contributed by atoms with van der Waals surface area (Å²) in [7, 11) is 0. The maximum absolute atomic E-state index is 11.0. The molecule has 4 aromatic rings. The molecule has 34 heavy (non-hydrogen) atoms. The number of para-hydroxylation sites is 3. The number of hydrogen-bond acceptors (Lipinski definition) is 8. The van der Waals surface area contributed by atoms with E-state index in [1.165, 1.54) is 35.2 Å². The van der Waals surface area contributed by atoms with E-state index in [2.05, 4.69) is 16.4 Å². The molecule has 0 bridgehead atoms. The number of nitriles is 1. The van der Waals surface area contributed by atoms with Gasteiger partial charge in [0, 0.05) is 17.9 Å². The van der Waals surface area contributed by atoms with Gasteiger partial charge < -0.3 is 10.1 Å². The van der Waals surface area contributed by atoms with Crippen molar-refractivity contribution in [1.82, 2.24) is 4.98 Å². The number of aromatic nitrogens is 1. The molecule has 0 amide bonds. The highest BCUT2D eigenvalue weighted by Gasteiger charge is 2.17. The van der Waals surface area contributed by atoms with E-state index in [-0.39, 0.29) is 5.69 Å². The number of anilines is 1. The molecule has 1 N–H and O–H groups in total. The Morgan fingerprint density at radius 3 is 2.59 bits per heavy atom. The quantitative estimate of drug-likeness (QED) is 0.156. The van der Waals surface area contributed by atoms with Crippen LogP contribution in [0.1, 0.15) is 17.5 Å². The van der Waals surface area contributed by atoms with Crippen LogP contribution in [0.3, 0.4) is 0 Å². The summed E-state index contributed by atoms with van der Waals surface area (Å²) < 4.78 is 6.75. The van der Waals surface area contributed by atoms with Gasteiger partial charge in [-0.3, -0.25) is 10.1 Å². The number of nitro benzene ring substituents is 1. The Morgan fingerprint density at radius 1 is 1.15 bits per heavy atom. The lowest BCUT2D eigenvalue weighted by atomic mass is 10.2. The van der Waals surface area contributed by atoms with Crippen molar-refractivity contribution in [3.8, 4) is 11.8 Å². The zero-order valence-electron chi connectivity index (χ0n) is 18.2. The SMILES string of the molecule is CCOc1ccccc1NC(SCc1ccc([N+](=O)[O-])cc1)=C(C#N)c1nc2ccccc2s1. The third-order valence-corrected chi connectivity index (χ3v) is 6.94. The molecule has 0 atom stereocenters. The van der Waals surface area contributed by atoms with Gasteiger partial charge in [0.1, 0.15) is 22.4 Å². The second-order valence-corrected chi connectivity index (χ2v) is 9.09. The minimum atomic E-state index is -0.421. The van der Waals surface area contributed by atoms with Crippen LogP contribution in [-0.4, -0.2) is 16.5 Å². The van der Waals surface area contributed by atoms with Crippen molar-refractivity contribution in [2.24, 2.45) is 0 Å². The zero-order valence-corrected chi connectivity index (χ0v) is 19.9. The molecule has 0 aliphatic rings. The van der Waals surface area contributed by atoms with Gasteiger partial charge in [-0.05, 0) is 36.8 Å². The molecule has 0 unspecified atom stereocenters. The predicted octanol–water partition coefficient (Wildman–Crippen LogP) is 6.84. The molecule has 4 rings (SSSR count). The third-order valence-electron chi connectivity index (χ3n) is 4.81. The monoisotopic (exact) mass is 488 g/mol. The Morgan fingerprint density at radius 2 is 1.88 bits per heavy atom. The van der Waals surface area contributed by atoms with Crippen molar-refractivity contribution >= 4 is 50.3 Å². The summed E-state index contributed by atoms with van der Waals surface area (Å²) in [6.45, 7) is 2.43. The average molecular weight is 489 g/mol. The number of benzene rings is 3. The molecule has 1 aromatic heterocycles. The van der Waals surface area contributed by atoms with Crippen molar-refractivity contribution in [1.29, 1.82) is 5.26 Å². The van der Waals surface area contributed by atoms with Crippen LogP contribution in [0.5, 0.6) is 5.75 Å². The first-order valence-electron chi connectivity index (χ1n) is 10.4. The fraction of sp³-hybridized carbons (Fsp3) is 0.120. The van der Waals surface area contributed by atoms with E-state index >= 15 is 0 Å². The Balaban J connectivity index is 1.71. The van der Waals surface area contributed by atoms with Crippen molar-refractivity contribution in [3.63, 3.8) is 0 Å². The van der Waals surface area contributed by atoms with Crippen molar-refractivity contribution in [2.75, 3.05) is 11.9 Å². The largest absolute Gasteiger partial charge is 0.492 e. The van der Waals surface area contributed by atoms with E-state index in [1.54, 1.807) is 12.1 Å². The molecule has 170 valence electrons. The smallest absolute Gasteiger partial charge is 0.269 e. The van der Waals surface area contributed by atoms with Gasteiger partial charge in [0.15, 0.2) is 0 Å². The Labute approximate surface area is 204 Å². The number of thioether (sulfide) groups is 1. The Kier molecular flexibility index (Phi) is 7.42. The molecule has 0 fully saturated rings. The number of hydrogen-bond donors (Lipinski definition) is 1. The second kappa shape index (κ2) is 10.8. The van der Waals surface area contributed by atoms with Crippen molar-refractivity contribution in [2.45, 2.75) is 12.7 Å². The molecule has 0 aliphatic heterocycles. The molecule has 0 aliphatic carbocycles. The minimum absolute atomic E-state index is 0.0421. The van der Waals surface area contributed by atoms with E-state index in [0.717, 1.165) is 21.5 Å². The molecule has 0 saturated carbocycles. The number of non-ortho nitro benzene ring substituents is 1. The number of fused-ring (bicyclic) bond motifs is 1. The maximum Gasteiger partial charge on any atom is 0.269 e. The third kappa shape index (κ3) is 5.36. The minimum Gasteiger partial charge on any atom is -0.492 e. The van der Waals surface area contributed by atoms with Crippen LogP contribution in [0.15, 0.2) is 77.8 Å². The van der Waals surface area contributed by atoms with Gasteiger partial charge >= 0.3 is 0 Å². The van der Waals surface area contributed by atoms with Crippen molar-refractivity contribution in [3.05, 3.63) is 98.5 Å². The fourth-order valence-corrected chi connectivity index (χ4v) is 5.19. The van der Waals surface area contributed by atoms with Crippen LogP contribution >= 0.6 is 23.1 Å². The predicted molar refractivity (Wildman–Crippen MR) is 138 cm³/mol. The second-order valence-electron chi connectivity index (χ2n) is 7.07. The molecule has 7 nitrogen and oxygen atoms in total. The summed E-state index contributed by atoms with van der Waals surface area (Å²) in [4.78, 5) is 15.2. The van der Waals surface area contributed by atoms with E-state index in [1.807, 2.05) is 55.5 Å². The summed E-state index contributed by atoms with van der Waals surface area (Å²) in [5.41, 5.74) is 2.95. The fourth-order valence-electron chi connectivity index (χ4n) is 3.19. The topological polar surface area (TPSA) is 101 Å². The molecule has 0 saturated heterocycles. The summed E-state index contributed by atoms with van der Waals surface area (Å²) in [6.07, 6.45) is 0. The van der Waals surface area contributed by atoms with Gasteiger partial charge in [-0.2, -0.15) is 5.26 Å². The standard InChI is InChI=1S/C25H20N4O3S2/c1-2-32-22-9-5-3-7-20(22)27-24(33-16-17-11-13-18(14-12-17)29(30)31)19(15-26)25-28-21-8-4-6-10-23(21)34-25/h3-14,27H,2,16H2,1H3. The van der Waals surface area contributed by atoms with Crippen molar-refractivity contribution < 1.29 is 9.66 Å². The van der Waals surface area contributed by atoms with Crippen LogP contribution < -0.4 is 10.1 Å². The van der Waals surface area contributed by atoms with Crippen LogP contribution in [0, 0.1) is 21.4 Å². The van der Waals surface area contributed by atoms with Gasteiger partial charge in [-0.1, -0.05) is 36.4 Å².